The van der Waals surface area contributed by atoms with Crippen LogP contribution in [0.4, 0.5) is 5.95 Å². The summed E-state index contributed by atoms with van der Waals surface area (Å²) in [5.74, 6) is 2.53. The van der Waals surface area contributed by atoms with Crippen molar-refractivity contribution in [3.63, 3.8) is 0 Å². The van der Waals surface area contributed by atoms with Crippen molar-refractivity contribution >= 4 is 28.4 Å². The first-order valence-electron chi connectivity index (χ1n) is 12.1. The van der Waals surface area contributed by atoms with Crippen LogP contribution < -0.4 is 9.64 Å². The van der Waals surface area contributed by atoms with Gasteiger partial charge in [0.15, 0.2) is 11.5 Å². The molecule has 1 atom stereocenters. The molecule has 1 aliphatic heterocycles. The summed E-state index contributed by atoms with van der Waals surface area (Å²) in [6.45, 7) is 10.5. The van der Waals surface area contributed by atoms with Crippen molar-refractivity contribution in [3.05, 3.63) is 48.5 Å². The van der Waals surface area contributed by atoms with E-state index in [0.29, 0.717) is 26.1 Å². The Morgan fingerprint density at radius 1 is 1.06 bits per heavy atom. The van der Waals surface area contributed by atoms with Crippen LogP contribution in [-0.4, -0.2) is 63.2 Å². The van der Waals surface area contributed by atoms with Crippen LogP contribution in [0, 0.1) is 5.41 Å². The summed E-state index contributed by atoms with van der Waals surface area (Å²) in [5, 5.41) is 10.1. The van der Waals surface area contributed by atoms with E-state index < -0.39 is 0 Å². The molecule has 1 amide bonds. The molecule has 1 saturated heterocycles. The first kappa shape index (κ1) is 23.1. The van der Waals surface area contributed by atoms with Gasteiger partial charge in [-0.2, -0.15) is 0 Å². The number of hydrogen-bond acceptors (Lipinski definition) is 6. The van der Waals surface area contributed by atoms with Crippen molar-refractivity contribution in [2.45, 2.75) is 40.2 Å². The molecule has 35 heavy (non-hydrogen) atoms. The van der Waals surface area contributed by atoms with E-state index in [0.717, 1.165) is 39.6 Å². The molecule has 0 spiro atoms. The molecule has 0 bridgehead atoms. The number of fused-ring (bicyclic) bond motifs is 3. The Morgan fingerprint density at radius 2 is 1.80 bits per heavy atom. The highest BCUT2D eigenvalue weighted by molar-refractivity contribution is 5.93. The van der Waals surface area contributed by atoms with E-state index in [-0.39, 0.29) is 17.4 Å². The maximum Gasteiger partial charge on any atom is 0.223 e. The fourth-order valence-electron chi connectivity index (χ4n) is 4.77. The van der Waals surface area contributed by atoms with Gasteiger partial charge in [0, 0.05) is 43.0 Å². The molecule has 8 heteroatoms. The van der Waals surface area contributed by atoms with Crippen LogP contribution in [0.2, 0.25) is 0 Å². The normalized spacial score (nSPS) is 16.8. The summed E-state index contributed by atoms with van der Waals surface area (Å²) in [6.07, 6.45) is 0.545. The summed E-state index contributed by atoms with van der Waals surface area (Å²) < 4.78 is 7.37. The number of methoxy groups -OCH3 is 1. The Hall–Kier alpha value is -3.68. The molecule has 5 rings (SSSR count). The number of aromatic nitrogens is 4. The molecule has 3 heterocycles. The molecule has 1 fully saturated rings. The summed E-state index contributed by atoms with van der Waals surface area (Å²) in [5.41, 5.74) is 2.55. The van der Waals surface area contributed by atoms with E-state index in [1.807, 2.05) is 57.8 Å². The van der Waals surface area contributed by atoms with Crippen molar-refractivity contribution in [2.24, 2.45) is 5.41 Å². The highest BCUT2D eigenvalue weighted by Gasteiger charge is 2.32. The van der Waals surface area contributed by atoms with Crippen LogP contribution in [0.5, 0.6) is 5.75 Å². The van der Waals surface area contributed by atoms with Gasteiger partial charge in [-0.3, -0.25) is 4.79 Å². The third-order valence-corrected chi connectivity index (χ3v) is 6.49. The second-order valence-corrected chi connectivity index (χ2v) is 10.5. The van der Waals surface area contributed by atoms with Crippen LogP contribution in [0.3, 0.4) is 0 Å². The van der Waals surface area contributed by atoms with Gasteiger partial charge in [-0.25, -0.2) is 9.38 Å². The lowest BCUT2D eigenvalue weighted by Crippen LogP contribution is -2.55. The molecule has 182 valence electrons. The summed E-state index contributed by atoms with van der Waals surface area (Å²) in [7, 11) is 1.66. The van der Waals surface area contributed by atoms with Crippen LogP contribution in [0.15, 0.2) is 48.5 Å². The second-order valence-electron chi connectivity index (χ2n) is 10.5. The van der Waals surface area contributed by atoms with Crippen molar-refractivity contribution in [1.29, 1.82) is 0 Å². The van der Waals surface area contributed by atoms with Crippen molar-refractivity contribution < 1.29 is 9.53 Å². The van der Waals surface area contributed by atoms with Gasteiger partial charge in [0.25, 0.3) is 0 Å². The molecular weight excluding hydrogens is 440 g/mol. The molecule has 0 N–H and O–H groups in total. The summed E-state index contributed by atoms with van der Waals surface area (Å²) in [4.78, 5) is 22.3. The lowest BCUT2D eigenvalue weighted by Gasteiger charge is -2.41. The molecule has 8 nitrogen and oxygen atoms in total. The number of ether oxygens (including phenoxy) is 1. The van der Waals surface area contributed by atoms with Gasteiger partial charge in [-0.15, -0.1) is 10.2 Å². The average molecular weight is 473 g/mol. The number of hydrogen-bond donors (Lipinski definition) is 0. The predicted octanol–water partition coefficient (Wildman–Crippen LogP) is 4.43. The van der Waals surface area contributed by atoms with E-state index in [1.165, 1.54) is 0 Å². The minimum Gasteiger partial charge on any atom is -0.497 e. The first-order chi connectivity index (χ1) is 16.7. The number of nitrogens with zero attached hydrogens (tertiary/aromatic N) is 6. The van der Waals surface area contributed by atoms with Gasteiger partial charge in [0.2, 0.25) is 11.9 Å². The SMILES string of the molecule is COc1ccc(-c2nnc3c4ccccc4nc(N4CCN(C(=O)CC(C)(C)C)C(C)C4)n23)cc1. The molecule has 2 aromatic carbocycles. The quantitative estimate of drug-likeness (QED) is 0.438. The number of benzene rings is 2. The van der Waals surface area contributed by atoms with Gasteiger partial charge in [0.1, 0.15) is 5.75 Å². The molecule has 0 radical (unpaired) electrons. The van der Waals surface area contributed by atoms with E-state index in [4.69, 9.17) is 9.72 Å². The topological polar surface area (TPSA) is 75.9 Å². The number of rotatable bonds is 4. The highest BCUT2D eigenvalue weighted by Crippen LogP contribution is 2.30. The molecule has 0 saturated carbocycles. The highest BCUT2D eigenvalue weighted by atomic mass is 16.5. The van der Waals surface area contributed by atoms with Crippen LogP contribution >= 0.6 is 0 Å². The number of piperazine rings is 1. The molecule has 4 aromatic rings. The maximum atomic E-state index is 13.0. The number of carbonyl (C=O) groups is 1. The number of anilines is 1. The molecule has 2 aromatic heterocycles. The lowest BCUT2D eigenvalue weighted by atomic mass is 9.91. The standard InChI is InChI=1S/C27H32N6O2/c1-18-17-31(14-15-32(18)23(34)16-27(2,3)4)26-28-22-9-7-6-8-21(22)25-30-29-24(33(25)26)19-10-12-20(35-5)13-11-19/h6-13,18H,14-17H2,1-5H3. The zero-order valence-corrected chi connectivity index (χ0v) is 21.0. The monoisotopic (exact) mass is 472 g/mol. The van der Waals surface area contributed by atoms with Crippen LogP contribution in [0.1, 0.15) is 34.1 Å². The van der Waals surface area contributed by atoms with E-state index in [1.54, 1.807) is 7.11 Å². The summed E-state index contributed by atoms with van der Waals surface area (Å²) in [6, 6.07) is 15.9. The van der Waals surface area contributed by atoms with E-state index >= 15 is 0 Å². The zero-order chi connectivity index (χ0) is 24.7. The van der Waals surface area contributed by atoms with Crippen molar-refractivity contribution in [2.75, 3.05) is 31.6 Å². The Bertz CT molecular complexity index is 1370. The largest absolute Gasteiger partial charge is 0.497 e. The third kappa shape index (κ3) is 4.40. The number of carbonyl (C=O) groups excluding carboxylic acids is 1. The molecule has 1 unspecified atom stereocenters. The van der Waals surface area contributed by atoms with E-state index in [2.05, 4.69) is 42.8 Å². The Morgan fingerprint density at radius 3 is 2.49 bits per heavy atom. The van der Waals surface area contributed by atoms with Crippen molar-refractivity contribution in [3.8, 4) is 17.1 Å². The minimum absolute atomic E-state index is 0.0320. The number of amides is 1. The smallest absolute Gasteiger partial charge is 0.223 e. The van der Waals surface area contributed by atoms with Crippen LogP contribution in [0.25, 0.3) is 27.9 Å². The second kappa shape index (κ2) is 8.83. The molecule has 0 aliphatic carbocycles. The average Bonchev–Trinajstić information content (AvgIpc) is 3.28. The number of para-hydroxylation sites is 1. The van der Waals surface area contributed by atoms with Gasteiger partial charge in [0.05, 0.1) is 12.6 Å². The zero-order valence-electron chi connectivity index (χ0n) is 21.0. The predicted molar refractivity (Wildman–Crippen MR) is 138 cm³/mol. The fourth-order valence-corrected chi connectivity index (χ4v) is 4.77. The lowest BCUT2D eigenvalue weighted by molar-refractivity contribution is -0.135. The van der Waals surface area contributed by atoms with Crippen molar-refractivity contribution in [1.82, 2.24) is 24.5 Å². The van der Waals surface area contributed by atoms with Gasteiger partial charge in [-0.05, 0) is 48.7 Å². The van der Waals surface area contributed by atoms with Gasteiger partial charge < -0.3 is 14.5 Å². The molecular formula is C27H32N6O2. The minimum atomic E-state index is -0.0320. The Labute approximate surface area is 205 Å². The van der Waals surface area contributed by atoms with E-state index in [9.17, 15) is 4.79 Å². The van der Waals surface area contributed by atoms with Crippen LogP contribution in [-0.2, 0) is 4.79 Å². The first-order valence-corrected chi connectivity index (χ1v) is 12.1. The van der Waals surface area contributed by atoms with Gasteiger partial charge in [-0.1, -0.05) is 32.9 Å². The third-order valence-electron chi connectivity index (χ3n) is 6.49. The summed E-state index contributed by atoms with van der Waals surface area (Å²) >= 11 is 0. The Balaban J connectivity index is 1.56. The Kier molecular flexibility index (Phi) is 5.83. The molecule has 1 aliphatic rings. The maximum absolute atomic E-state index is 13.0. The fraction of sp³-hybridized carbons (Fsp3) is 0.407. The van der Waals surface area contributed by atoms with Gasteiger partial charge >= 0.3 is 0 Å².